The van der Waals surface area contributed by atoms with Crippen molar-refractivity contribution in [3.8, 4) is 5.75 Å². The molecule has 3 N–H and O–H groups in total. The zero-order valence-electron chi connectivity index (χ0n) is 7.29. The van der Waals surface area contributed by atoms with Gasteiger partial charge in [0.15, 0.2) is 0 Å². The second-order valence-electron chi connectivity index (χ2n) is 2.04. The molecule has 0 atom stereocenters. The summed E-state index contributed by atoms with van der Waals surface area (Å²) in [5.41, 5.74) is 0. The molecule has 0 saturated carbocycles. The quantitative estimate of drug-likeness (QED) is 0.681. The molecule has 0 aliphatic heterocycles. The molecule has 80 valence electrons. The molecule has 0 fully saturated rings. The van der Waals surface area contributed by atoms with E-state index in [2.05, 4.69) is 4.52 Å². The van der Waals surface area contributed by atoms with Gasteiger partial charge in [-0.25, -0.2) is 4.57 Å². The highest BCUT2D eigenvalue weighted by atomic mass is 35.5. The summed E-state index contributed by atoms with van der Waals surface area (Å²) in [6.07, 6.45) is 0. The molecule has 0 aliphatic carbocycles. The summed E-state index contributed by atoms with van der Waals surface area (Å²) in [6, 6.07) is 5.71. The third-order valence-electron chi connectivity index (χ3n) is 1.04. The lowest BCUT2D eigenvalue weighted by Gasteiger charge is -2.05. The fraction of sp³-hybridized carbons (Fsp3) is 0.143. The number of hydrogen-bond donors (Lipinski definition) is 3. The van der Waals surface area contributed by atoms with E-state index in [4.69, 9.17) is 26.5 Å². The van der Waals surface area contributed by atoms with Gasteiger partial charge in [0.05, 0.1) is 0 Å². The maximum atomic E-state index is 10.3. The Hall–Kier alpha value is -0.580. The molecule has 0 aliphatic rings. The number of phosphoric ester groups is 1. The van der Waals surface area contributed by atoms with Crippen LogP contribution < -0.4 is 4.52 Å². The third-order valence-corrected chi connectivity index (χ3v) is 1.74. The first-order valence-corrected chi connectivity index (χ1v) is 5.34. The molecule has 14 heavy (non-hydrogen) atoms. The van der Waals surface area contributed by atoms with Gasteiger partial charge in [0.25, 0.3) is 0 Å². The molecule has 1 aromatic carbocycles. The molecule has 0 unspecified atom stereocenters. The van der Waals surface area contributed by atoms with Crippen molar-refractivity contribution in [1.82, 2.24) is 0 Å². The topological polar surface area (TPSA) is 87.0 Å². The average molecular weight is 241 g/mol. The summed E-state index contributed by atoms with van der Waals surface area (Å²) in [5, 5.41) is 7.48. The first kappa shape index (κ1) is 13.4. The van der Waals surface area contributed by atoms with Crippen LogP contribution in [0.1, 0.15) is 0 Å². The van der Waals surface area contributed by atoms with Crippen LogP contribution >= 0.6 is 19.4 Å². The van der Waals surface area contributed by atoms with Crippen LogP contribution in [0.5, 0.6) is 5.75 Å². The van der Waals surface area contributed by atoms with Gasteiger partial charge in [-0.2, -0.15) is 0 Å². The van der Waals surface area contributed by atoms with Gasteiger partial charge in [-0.1, -0.05) is 11.6 Å². The largest absolute Gasteiger partial charge is 0.524 e. The highest BCUT2D eigenvalue weighted by Crippen LogP contribution is 2.37. The predicted octanol–water partition coefficient (Wildman–Crippen LogP) is 1.42. The number of benzene rings is 1. The van der Waals surface area contributed by atoms with Gasteiger partial charge < -0.3 is 9.63 Å². The monoisotopic (exact) mass is 240 g/mol. The molecule has 0 radical (unpaired) electrons. The standard InChI is InChI=1S/C6H6ClO4P.CH4O/c7-5-1-3-6(4-2-5)11-12(8,9)10;1-2/h1-4H,(H2,8,9,10);2H,1H3. The summed E-state index contributed by atoms with van der Waals surface area (Å²) in [4.78, 5) is 16.8. The van der Waals surface area contributed by atoms with E-state index in [1.807, 2.05) is 0 Å². The lowest BCUT2D eigenvalue weighted by atomic mass is 10.3. The lowest BCUT2D eigenvalue weighted by Crippen LogP contribution is -1.89. The van der Waals surface area contributed by atoms with E-state index in [1.165, 1.54) is 24.3 Å². The van der Waals surface area contributed by atoms with Crippen LogP contribution in [-0.2, 0) is 4.57 Å². The van der Waals surface area contributed by atoms with E-state index < -0.39 is 7.82 Å². The molecule has 0 aromatic heterocycles. The molecule has 1 rings (SSSR count). The Morgan fingerprint density at radius 2 is 1.64 bits per heavy atom. The smallest absolute Gasteiger partial charge is 0.404 e. The highest BCUT2D eigenvalue weighted by Gasteiger charge is 2.14. The first-order valence-electron chi connectivity index (χ1n) is 3.43. The average Bonchev–Trinajstić information content (AvgIpc) is 2.10. The van der Waals surface area contributed by atoms with E-state index in [1.54, 1.807) is 0 Å². The molecule has 1 aromatic rings. The van der Waals surface area contributed by atoms with Crippen molar-refractivity contribution in [3.05, 3.63) is 29.3 Å². The van der Waals surface area contributed by atoms with Crippen molar-refractivity contribution >= 4 is 19.4 Å². The minimum atomic E-state index is -4.45. The number of rotatable bonds is 2. The lowest BCUT2D eigenvalue weighted by molar-refractivity contribution is 0.283. The fourth-order valence-electron chi connectivity index (χ4n) is 0.633. The van der Waals surface area contributed by atoms with E-state index >= 15 is 0 Å². The van der Waals surface area contributed by atoms with Gasteiger partial charge in [0.2, 0.25) is 0 Å². The maximum absolute atomic E-state index is 10.3. The summed E-state index contributed by atoms with van der Waals surface area (Å²) < 4.78 is 14.6. The van der Waals surface area contributed by atoms with E-state index in [0.717, 1.165) is 7.11 Å². The van der Waals surface area contributed by atoms with Crippen molar-refractivity contribution < 1.29 is 24.0 Å². The molecule has 0 heterocycles. The minimum Gasteiger partial charge on any atom is -0.404 e. The van der Waals surface area contributed by atoms with Crippen LogP contribution in [0.2, 0.25) is 5.02 Å². The number of hydrogen-bond acceptors (Lipinski definition) is 3. The summed E-state index contributed by atoms with van der Waals surface area (Å²) in [6.45, 7) is 0. The molecule has 5 nitrogen and oxygen atoms in total. The Bertz CT molecular complexity index is 306. The van der Waals surface area contributed by atoms with Crippen LogP contribution in [0.25, 0.3) is 0 Å². The Balaban J connectivity index is 0.000000791. The van der Waals surface area contributed by atoms with Crippen molar-refractivity contribution in [1.29, 1.82) is 0 Å². The molecule has 7 heteroatoms. The van der Waals surface area contributed by atoms with Gasteiger partial charge in [-0.05, 0) is 24.3 Å². The summed E-state index contributed by atoms with van der Waals surface area (Å²) >= 11 is 5.53. The Kier molecular flexibility index (Phi) is 5.76. The van der Waals surface area contributed by atoms with E-state index in [-0.39, 0.29) is 5.75 Å². The van der Waals surface area contributed by atoms with Crippen LogP contribution in [-0.4, -0.2) is 22.0 Å². The second-order valence-corrected chi connectivity index (χ2v) is 3.64. The third kappa shape index (κ3) is 5.96. The predicted molar refractivity (Wildman–Crippen MR) is 52.3 cm³/mol. The molecular weight excluding hydrogens is 230 g/mol. The van der Waals surface area contributed by atoms with Crippen molar-refractivity contribution in [3.63, 3.8) is 0 Å². The molecule has 0 spiro atoms. The fourth-order valence-corrected chi connectivity index (χ4v) is 1.16. The molecule has 0 bridgehead atoms. The van der Waals surface area contributed by atoms with Crippen molar-refractivity contribution in [2.45, 2.75) is 0 Å². The minimum absolute atomic E-state index is 0.0905. The number of halogens is 1. The molecular formula is C7H10ClO5P. The van der Waals surface area contributed by atoms with Gasteiger partial charge in [0.1, 0.15) is 5.75 Å². The van der Waals surface area contributed by atoms with Gasteiger partial charge in [-0.15, -0.1) is 0 Å². The van der Waals surface area contributed by atoms with Crippen LogP contribution in [0, 0.1) is 0 Å². The SMILES string of the molecule is CO.O=P(O)(O)Oc1ccc(Cl)cc1. The number of phosphoric acid groups is 1. The number of aliphatic hydroxyl groups excluding tert-OH is 1. The van der Waals surface area contributed by atoms with Crippen molar-refractivity contribution in [2.24, 2.45) is 0 Å². The zero-order chi connectivity index (χ0) is 11.2. The maximum Gasteiger partial charge on any atom is 0.524 e. The first-order chi connectivity index (χ1) is 6.47. The molecule has 0 saturated heterocycles. The number of aliphatic hydroxyl groups is 1. The summed E-state index contributed by atoms with van der Waals surface area (Å²) in [5.74, 6) is 0.0905. The van der Waals surface area contributed by atoms with Gasteiger partial charge in [0, 0.05) is 12.1 Å². The van der Waals surface area contributed by atoms with Crippen LogP contribution in [0.15, 0.2) is 24.3 Å². The van der Waals surface area contributed by atoms with Crippen molar-refractivity contribution in [2.75, 3.05) is 7.11 Å². The van der Waals surface area contributed by atoms with Gasteiger partial charge >= 0.3 is 7.82 Å². The second kappa shape index (κ2) is 6.01. The Morgan fingerprint density at radius 3 is 2.00 bits per heavy atom. The van der Waals surface area contributed by atoms with Gasteiger partial charge in [-0.3, -0.25) is 9.79 Å². The molecule has 0 amide bonds. The van der Waals surface area contributed by atoms with Crippen LogP contribution in [0.4, 0.5) is 0 Å². The Morgan fingerprint density at radius 1 is 1.21 bits per heavy atom. The van der Waals surface area contributed by atoms with Crippen LogP contribution in [0.3, 0.4) is 0 Å². The normalized spacial score (nSPS) is 10.1. The van der Waals surface area contributed by atoms with E-state index in [0.29, 0.717) is 5.02 Å². The zero-order valence-corrected chi connectivity index (χ0v) is 8.94. The Labute approximate surface area is 86.2 Å². The highest BCUT2D eigenvalue weighted by molar-refractivity contribution is 7.46. The van der Waals surface area contributed by atoms with E-state index in [9.17, 15) is 4.57 Å². The summed E-state index contributed by atoms with van der Waals surface area (Å²) in [7, 11) is -3.45.